The summed E-state index contributed by atoms with van der Waals surface area (Å²) in [7, 11) is 0. The summed E-state index contributed by atoms with van der Waals surface area (Å²) in [6, 6.07) is 0. The molecule has 2 N–H and O–H groups in total. The van der Waals surface area contributed by atoms with Crippen LogP contribution in [0.15, 0.2) is 0 Å². The lowest BCUT2D eigenvalue weighted by atomic mass is 9.54. The molecule has 0 aromatic heterocycles. The van der Waals surface area contributed by atoms with Crippen molar-refractivity contribution in [2.45, 2.75) is 30.5 Å². The van der Waals surface area contributed by atoms with Crippen LogP contribution in [0.2, 0.25) is 0 Å². The normalized spacial score (nSPS) is 49.5. The Bertz CT molecular complexity index is 802. The third kappa shape index (κ3) is 4.20. The molecule has 9 nitrogen and oxygen atoms in total. The average molecular weight is 561 g/mol. The van der Waals surface area contributed by atoms with Crippen molar-refractivity contribution in [3.05, 3.63) is 0 Å². The van der Waals surface area contributed by atoms with Crippen LogP contribution in [-0.4, -0.2) is 139 Å². The molecule has 5 saturated carbocycles. The van der Waals surface area contributed by atoms with Crippen molar-refractivity contribution in [1.82, 2.24) is 20.4 Å². The quantitative estimate of drug-likeness (QED) is 0.484. The first kappa shape index (κ1) is 27.2. The van der Waals surface area contributed by atoms with Gasteiger partial charge in [-0.1, -0.05) is 0 Å². The Morgan fingerprint density at radius 1 is 0.525 bits per heavy atom. The van der Waals surface area contributed by atoms with E-state index in [1.54, 1.807) is 0 Å². The third-order valence-corrected chi connectivity index (χ3v) is 12.7. The molecule has 9 fully saturated rings. The van der Waals surface area contributed by atoms with Gasteiger partial charge in [-0.25, -0.2) is 0 Å². The van der Waals surface area contributed by atoms with Gasteiger partial charge in [0.25, 0.3) is 0 Å². The van der Waals surface area contributed by atoms with E-state index in [1.807, 2.05) is 0 Å². The summed E-state index contributed by atoms with van der Waals surface area (Å²) >= 11 is 0. The average Bonchev–Trinajstić information content (AvgIpc) is 3.61. The van der Waals surface area contributed by atoms with Gasteiger partial charge in [-0.3, -0.25) is 9.80 Å². The predicted molar refractivity (Wildman–Crippen MR) is 150 cm³/mol. The Labute approximate surface area is 240 Å². The zero-order chi connectivity index (χ0) is 26.6. The number of nitrogens with one attached hydrogen (secondary N) is 2. The maximum atomic E-state index is 7.60. The van der Waals surface area contributed by atoms with Gasteiger partial charge in [-0.2, -0.15) is 0 Å². The van der Waals surface area contributed by atoms with Gasteiger partial charge in [0.15, 0.2) is 0 Å². The van der Waals surface area contributed by atoms with Gasteiger partial charge in [-0.15, -0.1) is 0 Å². The zero-order valence-electron chi connectivity index (χ0n) is 24.4. The number of nitrogens with zero attached hydrogens (tertiary/aromatic N) is 2. The summed E-state index contributed by atoms with van der Waals surface area (Å²) < 4.78 is 31.4. The number of rotatable bonds is 6. The molecule has 9 rings (SSSR count). The molecule has 10 atom stereocenters. The van der Waals surface area contributed by atoms with Crippen molar-refractivity contribution in [2.75, 3.05) is 118 Å². The Morgan fingerprint density at radius 2 is 0.925 bits per heavy atom. The standard InChI is InChI=1S/C31H52N4O5/c1(7-34-9-17-36-13-3-32-4-14-37-18-10-34)30-26-22-21-23-25-24(22)28(30)29(25)31(40-30,27(23)26)2-8-35-11-19-38-15-5-33-6-16-39-20-12-35/h22-29,32-33H,1-21H2. The molecule has 0 spiro atoms. The van der Waals surface area contributed by atoms with Gasteiger partial charge in [0.05, 0.1) is 64.1 Å². The highest BCUT2D eigenvalue weighted by Gasteiger charge is 2.96. The second kappa shape index (κ2) is 11.3. The van der Waals surface area contributed by atoms with Gasteiger partial charge in [0, 0.05) is 65.4 Å². The van der Waals surface area contributed by atoms with E-state index in [2.05, 4.69) is 20.4 Å². The molecule has 0 amide bonds. The molecule has 4 aliphatic heterocycles. The van der Waals surface area contributed by atoms with Crippen LogP contribution in [0.5, 0.6) is 0 Å². The van der Waals surface area contributed by atoms with Crippen molar-refractivity contribution >= 4 is 0 Å². The topological polar surface area (TPSA) is 76.7 Å². The minimum absolute atomic E-state index is 0.156. The molecule has 0 aromatic carbocycles. The Balaban J connectivity index is 0.937. The van der Waals surface area contributed by atoms with Crippen molar-refractivity contribution in [3.63, 3.8) is 0 Å². The van der Waals surface area contributed by atoms with E-state index in [1.165, 1.54) is 19.3 Å². The fourth-order valence-corrected chi connectivity index (χ4v) is 11.6. The summed E-state index contributed by atoms with van der Waals surface area (Å²) in [6.07, 6.45) is 3.94. The summed E-state index contributed by atoms with van der Waals surface area (Å²) in [5.74, 6) is 7.26. The van der Waals surface area contributed by atoms with Crippen LogP contribution in [0.4, 0.5) is 0 Å². The summed E-state index contributed by atoms with van der Waals surface area (Å²) in [4.78, 5) is 5.22. The second-order valence-corrected chi connectivity index (χ2v) is 14.0. The predicted octanol–water partition coefficient (Wildman–Crippen LogP) is 0.539. The van der Waals surface area contributed by atoms with E-state index in [9.17, 15) is 0 Å². The van der Waals surface area contributed by atoms with E-state index in [-0.39, 0.29) is 11.2 Å². The first-order valence-corrected chi connectivity index (χ1v) is 16.7. The lowest BCUT2D eigenvalue weighted by Crippen LogP contribution is -2.53. The lowest BCUT2D eigenvalue weighted by Gasteiger charge is -2.48. The Hall–Kier alpha value is -0.360. The van der Waals surface area contributed by atoms with Gasteiger partial charge in [0.1, 0.15) is 0 Å². The monoisotopic (exact) mass is 560 g/mol. The zero-order valence-corrected chi connectivity index (χ0v) is 24.4. The van der Waals surface area contributed by atoms with Gasteiger partial charge < -0.3 is 34.3 Å². The molecule has 226 valence electrons. The van der Waals surface area contributed by atoms with E-state index < -0.39 is 0 Å². The molecular formula is C31H52N4O5. The smallest absolute Gasteiger partial charge is 0.0771 e. The minimum Gasteiger partial charge on any atom is -0.379 e. The van der Waals surface area contributed by atoms with Crippen LogP contribution in [0.25, 0.3) is 0 Å². The van der Waals surface area contributed by atoms with E-state index in [0.29, 0.717) is 0 Å². The van der Waals surface area contributed by atoms with Crippen LogP contribution in [0, 0.1) is 47.3 Å². The summed E-state index contributed by atoms with van der Waals surface area (Å²) in [5, 5.41) is 6.78. The molecule has 5 aliphatic carbocycles. The molecule has 4 heterocycles. The van der Waals surface area contributed by atoms with Gasteiger partial charge in [0.2, 0.25) is 0 Å². The Kier molecular flexibility index (Phi) is 7.68. The minimum atomic E-state index is 0.156. The van der Waals surface area contributed by atoms with E-state index >= 15 is 0 Å². The van der Waals surface area contributed by atoms with Crippen LogP contribution >= 0.6 is 0 Å². The van der Waals surface area contributed by atoms with Crippen LogP contribution < -0.4 is 10.6 Å². The fraction of sp³-hybridized carbons (Fsp3) is 1.00. The lowest BCUT2D eigenvalue weighted by molar-refractivity contribution is -0.0868. The first-order chi connectivity index (χ1) is 19.8. The summed E-state index contributed by atoms with van der Waals surface area (Å²) in [6.45, 7) is 16.3. The molecule has 0 aromatic rings. The summed E-state index contributed by atoms with van der Waals surface area (Å²) in [5.41, 5.74) is 0.311. The fourth-order valence-electron chi connectivity index (χ4n) is 11.6. The molecule has 9 aliphatic rings. The van der Waals surface area contributed by atoms with Crippen LogP contribution in [0.3, 0.4) is 0 Å². The molecular weight excluding hydrogens is 508 g/mol. The van der Waals surface area contributed by atoms with Gasteiger partial charge >= 0.3 is 0 Å². The highest BCUT2D eigenvalue weighted by Crippen LogP contribution is 2.93. The molecule has 4 saturated heterocycles. The maximum absolute atomic E-state index is 7.60. The number of ether oxygens (including phenoxy) is 5. The highest BCUT2D eigenvalue weighted by atomic mass is 16.5. The largest absolute Gasteiger partial charge is 0.379 e. The SMILES string of the molecule is C1COCCN(CCC23OC4(CCN5CCOCCNCCOCC5)C5C6CC(C7C6C4C72)C53)CCOCCN1. The van der Waals surface area contributed by atoms with Crippen molar-refractivity contribution in [3.8, 4) is 0 Å². The van der Waals surface area contributed by atoms with E-state index in [0.717, 1.165) is 166 Å². The second-order valence-electron chi connectivity index (χ2n) is 14.0. The third-order valence-electron chi connectivity index (χ3n) is 12.7. The number of hydrogen-bond acceptors (Lipinski definition) is 9. The molecule has 10 unspecified atom stereocenters. The van der Waals surface area contributed by atoms with Crippen molar-refractivity contribution in [1.29, 1.82) is 0 Å². The van der Waals surface area contributed by atoms with Crippen LogP contribution in [-0.2, 0) is 23.7 Å². The molecule has 0 radical (unpaired) electrons. The van der Waals surface area contributed by atoms with Crippen LogP contribution in [0.1, 0.15) is 19.3 Å². The molecule has 9 heteroatoms. The van der Waals surface area contributed by atoms with Gasteiger partial charge in [-0.05, 0) is 66.6 Å². The Morgan fingerprint density at radius 3 is 1.32 bits per heavy atom. The molecule has 4 bridgehead atoms. The number of hydrogen-bond donors (Lipinski definition) is 2. The van der Waals surface area contributed by atoms with Crippen molar-refractivity contribution < 1.29 is 23.7 Å². The highest BCUT2D eigenvalue weighted by molar-refractivity contribution is 5.43. The first-order valence-electron chi connectivity index (χ1n) is 16.7. The van der Waals surface area contributed by atoms with E-state index in [4.69, 9.17) is 23.7 Å². The van der Waals surface area contributed by atoms with Crippen molar-refractivity contribution in [2.24, 2.45) is 47.3 Å². The maximum Gasteiger partial charge on any atom is 0.0771 e. The molecule has 40 heavy (non-hydrogen) atoms.